The number of rotatable bonds is 8. The van der Waals surface area contributed by atoms with Gasteiger partial charge in [-0.05, 0) is 49.0 Å². The van der Waals surface area contributed by atoms with Crippen molar-refractivity contribution >= 4 is 17.9 Å². The Morgan fingerprint density at radius 3 is 2.29 bits per heavy atom. The molecule has 35 heavy (non-hydrogen) atoms. The minimum absolute atomic E-state index is 0.185. The summed E-state index contributed by atoms with van der Waals surface area (Å²) < 4.78 is 29.2. The lowest BCUT2D eigenvalue weighted by Crippen LogP contribution is -2.63. The molecule has 0 unspecified atom stereocenters. The Hall–Kier alpha value is -2.45. The van der Waals surface area contributed by atoms with Gasteiger partial charge in [-0.25, -0.2) is 0 Å². The smallest absolute Gasteiger partial charge is 0.305 e. The Kier molecular flexibility index (Phi) is 7.96. The van der Waals surface area contributed by atoms with Crippen LogP contribution >= 0.6 is 0 Å². The molecule has 1 saturated heterocycles. The zero-order valence-corrected chi connectivity index (χ0v) is 21.6. The maximum atomic E-state index is 12.2. The monoisotopic (exact) mass is 490 g/mol. The fourth-order valence-corrected chi connectivity index (χ4v) is 6.49. The van der Waals surface area contributed by atoms with Crippen LogP contribution in [0.15, 0.2) is 36.5 Å². The summed E-state index contributed by atoms with van der Waals surface area (Å²) in [6.45, 7) is 16.3. The van der Waals surface area contributed by atoms with Gasteiger partial charge in [0.05, 0.1) is 11.5 Å². The van der Waals surface area contributed by atoms with Crippen LogP contribution in [0.1, 0.15) is 60.3 Å². The van der Waals surface area contributed by atoms with E-state index in [0.29, 0.717) is 18.4 Å². The van der Waals surface area contributed by atoms with Gasteiger partial charge in [-0.2, -0.15) is 0 Å². The normalized spacial score (nSPS) is 37.8. The molecular formula is C27H38O8. The molecule has 0 bridgehead atoms. The van der Waals surface area contributed by atoms with Crippen LogP contribution in [0.4, 0.5) is 0 Å². The van der Waals surface area contributed by atoms with Crippen molar-refractivity contribution in [1.82, 2.24) is 0 Å². The van der Waals surface area contributed by atoms with Gasteiger partial charge in [-0.3, -0.25) is 19.1 Å². The molecular weight excluding hydrogens is 452 g/mol. The Morgan fingerprint density at radius 2 is 1.74 bits per heavy atom. The van der Waals surface area contributed by atoms with Gasteiger partial charge in [0.25, 0.3) is 0 Å². The van der Waals surface area contributed by atoms with Crippen molar-refractivity contribution in [3.63, 3.8) is 0 Å². The average molecular weight is 491 g/mol. The topological polar surface area (TPSA) is 97.4 Å². The van der Waals surface area contributed by atoms with Crippen molar-refractivity contribution in [1.29, 1.82) is 0 Å². The quantitative estimate of drug-likeness (QED) is 0.216. The number of carbonyl (C=O) groups excluding carboxylic acids is 3. The Morgan fingerprint density at radius 1 is 1.11 bits per heavy atom. The Bertz CT molecular complexity index is 922. The van der Waals surface area contributed by atoms with Gasteiger partial charge >= 0.3 is 17.9 Å². The molecule has 1 aliphatic heterocycles. The van der Waals surface area contributed by atoms with Crippen LogP contribution in [0, 0.1) is 22.7 Å². The summed E-state index contributed by atoms with van der Waals surface area (Å²) in [4.78, 5) is 36.1. The molecule has 1 spiro atoms. The molecule has 0 radical (unpaired) electrons. The summed E-state index contributed by atoms with van der Waals surface area (Å²) in [6, 6.07) is 0. The van der Waals surface area contributed by atoms with Crippen molar-refractivity contribution in [2.75, 3.05) is 7.11 Å². The summed E-state index contributed by atoms with van der Waals surface area (Å²) in [5.41, 5.74) is 0.329. The van der Waals surface area contributed by atoms with E-state index in [1.165, 1.54) is 20.8 Å². The molecule has 8 heteroatoms. The first-order valence-electron chi connectivity index (χ1n) is 12.1. The van der Waals surface area contributed by atoms with E-state index in [2.05, 4.69) is 27.0 Å². The summed E-state index contributed by atoms with van der Waals surface area (Å²) in [7, 11) is 1.63. The minimum Gasteiger partial charge on any atom is -0.458 e. The van der Waals surface area contributed by atoms with Gasteiger partial charge in [-0.1, -0.05) is 38.7 Å². The second-order valence-corrected chi connectivity index (χ2v) is 10.2. The standard InChI is InChI=1S/C27H38O8/c1-9-15(2)10-11-26(7)16(3)12-23(31-8)27-21(13-20(14-22(26)27)32-17(4)28)24(33-18(5)29)35-25(27)34-19(6)30/h9,13,16,20,22-25H,1-2,10-12,14H2,3-8H3/t16-,20-,22+,23+,24+,25-,26-,27-/m1/s1. The molecule has 0 aromatic rings. The van der Waals surface area contributed by atoms with Crippen molar-refractivity contribution < 1.29 is 38.1 Å². The maximum Gasteiger partial charge on any atom is 0.305 e. The van der Waals surface area contributed by atoms with Gasteiger partial charge in [0.2, 0.25) is 12.6 Å². The van der Waals surface area contributed by atoms with E-state index >= 15 is 0 Å². The molecule has 8 atom stereocenters. The maximum absolute atomic E-state index is 12.2. The zero-order valence-electron chi connectivity index (χ0n) is 21.6. The number of hydrogen-bond donors (Lipinski definition) is 0. The van der Waals surface area contributed by atoms with E-state index in [0.717, 1.165) is 18.4 Å². The van der Waals surface area contributed by atoms with Gasteiger partial charge in [0.15, 0.2) is 0 Å². The number of hydrogen-bond acceptors (Lipinski definition) is 8. The molecule has 1 saturated carbocycles. The molecule has 0 N–H and O–H groups in total. The summed E-state index contributed by atoms with van der Waals surface area (Å²) >= 11 is 0. The highest BCUT2D eigenvalue weighted by molar-refractivity contribution is 5.68. The molecule has 3 aliphatic rings. The first-order valence-corrected chi connectivity index (χ1v) is 12.1. The lowest BCUT2D eigenvalue weighted by molar-refractivity contribution is -0.257. The van der Waals surface area contributed by atoms with Gasteiger partial charge in [0, 0.05) is 33.5 Å². The van der Waals surface area contributed by atoms with E-state index in [1.807, 2.05) is 0 Å². The van der Waals surface area contributed by atoms with Crippen LogP contribution in [0.5, 0.6) is 0 Å². The number of carbonyl (C=O) groups is 3. The first kappa shape index (κ1) is 27.1. The third kappa shape index (κ3) is 4.83. The van der Waals surface area contributed by atoms with Crippen molar-refractivity contribution in [3.05, 3.63) is 36.5 Å². The van der Waals surface area contributed by atoms with E-state index in [9.17, 15) is 14.4 Å². The highest BCUT2D eigenvalue weighted by Gasteiger charge is 2.71. The molecule has 2 aliphatic carbocycles. The van der Waals surface area contributed by atoms with E-state index in [-0.39, 0.29) is 23.4 Å². The first-order chi connectivity index (χ1) is 16.4. The predicted octanol–water partition coefficient (Wildman–Crippen LogP) is 4.24. The molecule has 2 fully saturated rings. The van der Waals surface area contributed by atoms with Gasteiger partial charge < -0.3 is 18.9 Å². The minimum atomic E-state index is -1.09. The third-order valence-corrected chi connectivity index (χ3v) is 8.24. The lowest BCUT2D eigenvalue weighted by atomic mass is 9.45. The molecule has 3 rings (SSSR count). The van der Waals surface area contributed by atoms with Crippen molar-refractivity contribution in [2.45, 2.75) is 85.1 Å². The van der Waals surface area contributed by atoms with E-state index in [4.69, 9.17) is 23.7 Å². The van der Waals surface area contributed by atoms with Crippen LogP contribution in [0.25, 0.3) is 0 Å². The third-order valence-electron chi connectivity index (χ3n) is 8.24. The molecule has 8 nitrogen and oxygen atoms in total. The fraction of sp³-hybridized carbons (Fsp3) is 0.667. The molecule has 0 aromatic heterocycles. The number of ether oxygens (including phenoxy) is 5. The highest BCUT2D eigenvalue weighted by Crippen LogP contribution is 2.67. The SMILES string of the molecule is C=CC(=C)CC[C@]1(C)[C@H](C)C[C@H](OC)[C@@]23C(=C[C@@H](OC(C)=O)C[C@@H]12)[C@@H](OC(C)=O)O[C@H]3OC(C)=O. The summed E-state index contributed by atoms with van der Waals surface area (Å²) in [5, 5.41) is 0. The van der Waals surface area contributed by atoms with Crippen molar-refractivity contribution in [3.8, 4) is 0 Å². The molecule has 0 aromatic carbocycles. The molecule has 194 valence electrons. The van der Waals surface area contributed by atoms with Crippen LogP contribution < -0.4 is 0 Å². The Balaban J connectivity index is 2.24. The van der Waals surface area contributed by atoms with Crippen LogP contribution in [-0.2, 0) is 38.1 Å². The van der Waals surface area contributed by atoms with Crippen LogP contribution in [0.2, 0.25) is 0 Å². The second kappa shape index (κ2) is 10.3. The molecule has 0 amide bonds. The van der Waals surface area contributed by atoms with Crippen LogP contribution in [-0.4, -0.2) is 49.8 Å². The highest BCUT2D eigenvalue weighted by atomic mass is 16.8. The van der Waals surface area contributed by atoms with E-state index in [1.54, 1.807) is 19.3 Å². The number of esters is 3. The Labute approximate surface area is 207 Å². The summed E-state index contributed by atoms with van der Waals surface area (Å²) in [6.07, 6.45) is 3.18. The zero-order chi connectivity index (χ0) is 26.1. The van der Waals surface area contributed by atoms with Gasteiger partial charge in [-0.15, -0.1) is 0 Å². The van der Waals surface area contributed by atoms with Crippen molar-refractivity contribution in [2.24, 2.45) is 22.7 Å². The fourth-order valence-electron chi connectivity index (χ4n) is 6.49. The lowest BCUT2D eigenvalue weighted by Gasteiger charge is -2.61. The second-order valence-electron chi connectivity index (χ2n) is 10.2. The largest absolute Gasteiger partial charge is 0.458 e. The summed E-state index contributed by atoms with van der Waals surface area (Å²) in [5.74, 6) is -1.43. The number of methoxy groups -OCH3 is 1. The van der Waals surface area contributed by atoms with E-state index < -0.39 is 42.0 Å². The predicted molar refractivity (Wildman–Crippen MR) is 128 cm³/mol. The van der Waals surface area contributed by atoms with Crippen LogP contribution in [0.3, 0.4) is 0 Å². The average Bonchev–Trinajstić information content (AvgIpc) is 3.05. The molecule has 1 heterocycles. The van der Waals surface area contributed by atoms with Gasteiger partial charge in [0.1, 0.15) is 6.10 Å². The number of allylic oxidation sites excluding steroid dienone is 2.